The third-order valence-corrected chi connectivity index (χ3v) is 1.85. The van der Waals surface area contributed by atoms with E-state index >= 15 is 0 Å². The summed E-state index contributed by atoms with van der Waals surface area (Å²) in [6, 6.07) is 5.31. The molecule has 0 saturated heterocycles. The van der Waals surface area contributed by atoms with E-state index in [0.717, 1.165) is 10.8 Å². The SMILES string of the molecule is CONc1ccc(Br)cc1C=O. The number of rotatable bonds is 3. The lowest BCUT2D eigenvalue weighted by atomic mass is 10.2. The zero-order valence-electron chi connectivity index (χ0n) is 6.50. The highest BCUT2D eigenvalue weighted by atomic mass is 79.9. The van der Waals surface area contributed by atoms with E-state index in [1.54, 1.807) is 12.1 Å². The van der Waals surface area contributed by atoms with Crippen molar-refractivity contribution >= 4 is 27.9 Å². The second kappa shape index (κ2) is 4.23. The number of carbonyl (C=O) groups excluding carboxylic acids is 1. The van der Waals surface area contributed by atoms with Crippen molar-refractivity contribution in [3.63, 3.8) is 0 Å². The topological polar surface area (TPSA) is 38.3 Å². The molecule has 64 valence electrons. The summed E-state index contributed by atoms with van der Waals surface area (Å²) >= 11 is 3.26. The molecule has 0 amide bonds. The summed E-state index contributed by atoms with van der Waals surface area (Å²) in [5.41, 5.74) is 3.83. The average molecular weight is 230 g/mol. The summed E-state index contributed by atoms with van der Waals surface area (Å²) < 4.78 is 0.867. The summed E-state index contributed by atoms with van der Waals surface area (Å²) in [6.45, 7) is 0. The molecule has 0 spiro atoms. The molecule has 4 heteroatoms. The van der Waals surface area contributed by atoms with E-state index in [4.69, 9.17) is 0 Å². The molecule has 1 rings (SSSR count). The number of halogens is 1. The predicted molar refractivity (Wildman–Crippen MR) is 50.2 cm³/mol. The van der Waals surface area contributed by atoms with Crippen LogP contribution in [0.4, 0.5) is 5.69 Å². The zero-order chi connectivity index (χ0) is 8.97. The fourth-order valence-corrected chi connectivity index (χ4v) is 1.21. The Labute approximate surface area is 78.8 Å². The van der Waals surface area contributed by atoms with Gasteiger partial charge in [-0.1, -0.05) is 15.9 Å². The van der Waals surface area contributed by atoms with E-state index in [0.29, 0.717) is 11.3 Å². The Morgan fingerprint density at radius 3 is 2.92 bits per heavy atom. The third kappa shape index (κ3) is 2.06. The monoisotopic (exact) mass is 229 g/mol. The molecular formula is C8H8BrNO2. The molecule has 0 aliphatic carbocycles. The van der Waals surface area contributed by atoms with Gasteiger partial charge in [0.05, 0.1) is 12.8 Å². The van der Waals surface area contributed by atoms with Gasteiger partial charge in [-0.3, -0.25) is 15.1 Å². The Morgan fingerprint density at radius 2 is 2.33 bits per heavy atom. The van der Waals surface area contributed by atoms with Crippen molar-refractivity contribution in [1.29, 1.82) is 0 Å². The van der Waals surface area contributed by atoms with Crippen LogP contribution in [0.15, 0.2) is 22.7 Å². The lowest BCUT2D eigenvalue weighted by Crippen LogP contribution is -1.98. The molecular weight excluding hydrogens is 222 g/mol. The van der Waals surface area contributed by atoms with Gasteiger partial charge in [-0.25, -0.2) is 0 Å². The Morgan fingerprint density at radius 1 is 1.58 bits per heavy atom. The van der Waals surface area contributed by atoms with Gasteiger partial charge in [-0.05, 0) is 18.2 Å². The lowest BCUT2D eigenvalue weighted by Gasteiger charge is -2.05. The van der Waals surface area contributed by atoms with Crippen molar-refractivity contribution in [3.8, 4) is 0 Å². The van der Waals surface area contributed by atoms with Gasteiger partial charge >= 0.3 is 0 Å². The fourth-order valence-electron chi connectivity index (χ4n) is 0.834. The summed E-state index contributed by atoms with van der Waals surface area (Å²) in [7, 11) is 1.50. The lowest BCUT2D eigenvalue weighted by molar-refractivity contribution is 0.112. The first-order valence-corrected chi connectivity index (χ1v) is 4.11. The molecule has 1 N–H and O–H groups in total. The molecule has 0 atom stereocenters. The highest BCUT2D eigenvalue weighted by Crippen LogP contribution is 2.19. The number of aldehydes is 1. The van der Waals surface area contributed by atoms with E-state index in [9.17, 15) is 4.79 Å². The molecule has 0 heterocycles. The number of hydrogen-bond acceptors (Lipinski definition) is 3. The summed E-state index contributed by atoms with van der Waals surface area (Å²) in [4.78, 5) is 15.2. The van der Waals surface area contributed by atoms with Crippen molar-refractivity contribution in [2.75, 3.05) is 12.6 Å². The van der Waals surface area contributed by atoms with Crippen LogP contribution in [0.5, 0.6) is 0 Å². The van der Waals surface area contributed by atoms with Gasteiger partial charge in [0.2, 0.25) is 0 Å². The van der Waals surface area contributed by atoms with Crippen LogP contribution < -0.4 is 5.48 Å². The van der Waals surface area contributed by atoms with E-state index < -0.39 is 0 Å². The first-order valence-electron chi connectivity index (χ1n) is 3.31. The van der Waals surface area contributed by atoms with Gasteiger partial charge in [-0.15, -0.1) is 0 Å². The maximum atomic E-state index is 10.5. The van der Waals surface area contributed by atoms with Crippen LogP contribution in [0.25, 0.3) is 0 Å². The molecule has 0 fully saturated rings. The van der Waals surface area contributed by atoms with Crippen molar-refractivity contribution in [1.82, 2.24) is 0 Å². The highest BCUT2D eigenvalue weighted by molar-refractivity contribution is 9.10. The Kier molecular flexibility index (Phi) is 3.25. The van der Waals surface area contributed by atoms with Gasteiger partial charge in [0.1, 0.15) is 0 Å². The quantitative estimate of drug-likeness (QED) is 0.639. The van der Waals surface area contributed by atoms with Gasteiger partial charge in [-0.2, -0.15) is 0 Å². The molecule has 0 aliphatic rings. The van der Waals surface area contributed by atoms with Crippen LogP contribution in [-0.2, 0) is 4.84 Å². The molecule has 1 aromatic rings. The van der Waals surface area contributed by atoms with E-state index in [2.05, 4.69) is 26.2 Å². The largest absolute Gasteiger partial charge is 0.298 e. The molecule has 0 saturated carbocycles. The van der Waals surface area contributed by atoms with Crippen LogP contribution in [0, 0.1) is 0 Å². The molecule has 0 bridgehead atoms. The van der Waals surface area contributed by atoms with Gasteiger partial charge in [0, 0.05) is 10.0 Å². The van der Waals surface area contributed by atoms with Gasteiger partial charge in [0.15, 0.2) is 6.29 Å². The first kappa shape index (κ1) is 9.22. The third-order valence-electron chi connectivity index (χ3n) is 1.35. The predicted octanol–water partition coefficient (Wildman–Crippen LogP) is 2.23. The molecule has 0 unspecified atom stereocenters. The van der Waals surface area contributed by atoms with Gasteiger partial charge < -0.3 is 0 Å². The van der Waals surface area contributed by atoms with Crippen molar-refractivity contribution < 1.29 is 9.63 Å². The minimum absolute atomic E-state index is 0.561. The first-order chi connectivity index (χ1) is 5.77. The van der Waals surface area contributed by atoms with Crippen LogP contribution in [-0.4, -0.2) is 13.4 Å². The Balaban J connectivity index is 3.02. The van der Waals surface area contributed by atoms with Crippen LogP contribution >= 0.6 is 15.9 Å². The second-order valence-corrected chi connectivity index (χ2v) is 3.07. The van der Waals surface area contributed by atoms with Crippen LogP contribution in [0.2, 0.25) is 0 Å². The standard InChI is InChI=1S/C8H8BrNO2/c1-12-10-8-3-2-7(9)4-6(8)5-11/h2-5,10H,1H3. The van der Waals surface area contributed by atoms with Crippen molar-refractivity contribution in [2.24, 2.45) is 0 Å². The zero-order valence-corrected chi connectivity index (χ0v) is 8.09. The normalized spacial score (nSPS) is 9.50. The smallest absolute Gasteiger partial charge is 0.152 e. The number of anilines is 1. The molecule has 3 nitrogen and oxygen atoms in total. The molecule has 1 aromatic carbocycles. The van der Waals surface area contributed by atoms with E-state index in [-0.39, 0.29) is 0 Å². The molecule has 0 aromatic heterocycles. The number of carbonyl (C=O) groups is 1. The van der Waals surface area contributed by atoms with E-state index in [1.165, 1.54) is 7.11 Å². The minimum atomic E-state index is 0.561. The Bertz CT molecular complexity index is 288. The molecule has 0 aliphatic heterocycles. The average Bonchev–Trinajstić information content (AvgIpc) is 2.08. The fraction of sp³-hybridized carbons (Fsp3) is 0.125. The Hall–Kier alpha value is -0.870. The van der Waals surface area contributed by atoms with Crippen LogP contribution in [0.3, 0.4) is 0 Å². The highest BCUT2D eigenvalue weighted by Gasteiger charge is 2.00. The van der Waals surface area contributed by atoms with Gasteiger partial charge in [0.25, 0.3) is 0 Å². The summed E-state index contributed by atoms with van der Waals surface area (Å²) in [6.07, 6.45) is 0.770. The van der Waals surface area contributed by atoms with E-state index in [1.807, 2.05) is 6.07 Å². The number of benzene rings is 1. The maximum absolute atomic E-state index is 10.5. The van der Waals surface area contributed by atoms with Crippen LogP contribution in [0.1, 0.15) is 10.4 Å². The minimum Gasteiger partial charge on any atom is -0.298 e. The summed E-state index contributed by atoms with van der Waals surface area (Å²) in [5, 5.41) is 0. The summed E-state index contributed by atoms with van der Waals surface area (Å²) in [5.74, 6) is 0. The van der Waals surface area contributed by atoms with Crippen molar-refractivity contribution in [3.05, 3.63) is 28.2 Å². The second-order valence-electron chi connectivity index (χ2n) is 2.16. The number of hydrogen-bond donors (Lipinski definition) is 1. The molecule has 0 radical (unpaired) electrons. The molecule has 12 heavy (non-hydrogen) atoms. The maximum Gasteiger partial charge on any atom is 0.152 e. The number of nitrogens with one attached hydrogen (secondary N) is 1. The van der Waals surface area contributed by atoms with Crippen molar-refractivity contribution in [2.45, 2.75) is 0 Å².